The molecular formula is C15H21BrN2O2. The quantitative estimate of drug-likeness (QED) is 0.913. The third-order valence-electron chi connectivity index (χ3n) is 4.29. The van der Waals surface area contributed by atoms with Crippen LogP contribution >= 0.6 is 15.9 Å². The largest absolute Gasteiger partial charge is 0.496 e. The minimum atomic E-state index is 0.189. The van der Waals surface area contributed by atoms with Gasteiger partial charge in [0.25, 0.3) is 0 Å². The van der Waals surface area contributed by atoms with Crippen LogP contribution in [0.2, 0.25) is 0 Å². The van der Waals surface area contributed by atoms with Gasteiger partial charge < -0.3 is 15.2 Å². The van der Waals surface area contributed by atoms with E-state index >= 15 is 0 Å². The van der Waals surface area contributed by atoms with Gasteiger partial charge in [-0.15, -0.1) is 0 Å². The second kappa shape index (κ2) is 6.02. The van der Waals surface area contributed by atoms with Gasteiger partial charge in [-0.2, -0.15) is 0 Å². The molecule has 0 radical (unpaired) electrons. The van der Waals surface area contributed by atoms with Crippen molar-refractivity contribution in [1.29, 1.82) is 0 Å². The Morgan fingerprint density at radius 1 is 1.40 bits per heavy atom. The van der Waals surface area contributed by atoms with Gasteiger partial charge in [0.1, 0.15) is 5.75 Å². The summed E-state index contributed by atoms with van der Waals surface area (Å²) in [6, 6.07) is 6.30. The van der Waals surface area contributed by atoms with Crippen LogP contribution in [0.25, 0.3) is 0 Å². The molecule has 0 aliphatic carbocycles. The molecule has 3 atom stereocenters. The van der Waals surface area contributed by atoms with Crippen LogP contribution in [-0.2, 0) is 4.74 Å². The number of ether oxygens (including phenoxy) is 2. The number of halogens is 1. The van der Waals surface area contributed by atoms with E-state index in [2.05, 4.69) is 26.9 Å². The Morgan fingerprint density at radius 2 is 2.10 bits per heavy atom. The molecule has 4 nitrogen and oxygen atoms in total. The number of methoxy groups -OCH3 is 1. The fourth-order valence-corrected chi connectivity index (χ4v) is 3.72. The van der Waals surface area contributed by atoms with Crippen molar-refractivity contribution in [2.24, 2.45) is 5.73 Å². The average molecular weight is 341 g/mol. The van der Waals surface area contributed by atoms with E-state index in [0.29, 0.717) is 18.8 Å². The second-order valence-corrected chi connectivity index (χ2v) is 6.46. The molecule has 0 amide bonds. The molecule has 3 unspecified atom stereocenters. The van der Waals surface area contributed by atoms with Crippen LogP contribution in [0.15, 0.2) is 22.7 Å². The van der Waals surface area contributed by atoms with Crippen molar-refractivity contribution in [3.63, 3.8) is 0 Å². The molecule has 2 fully saturated rings. The minimum Gasteiger partial charge on any atom is -0.496 e. The molecule has 0 spiro atoms. The number of fused-ring (bicyclic) bond motifs is 2. The fraction of sp³-hybridized carbons (Fsp3) is 0.600. The first kappa shape index (κ1) is 14.3. The predicted octanol–water partition coefficient (Wildman–Crippen LogP) is 2.32. The van der Waals surface area contributed by atoms with E-state index in [0.717, 1.165) is 28.9 Å². The lowest BCUT2D eigenvalue weighted by atomic mass is 10.0. The number of likely N-dealkylation sites (tertiary alicyclic amines) is 1. The SMILES string of the molecule is COc1ccc(Br)cc1C(CN)N1CC2CCC(C1)O2. The molecule has 0 aromatic heterocycles. The topological polar surface area (TPSA) is 47.7 Å². The zero-order valence-corrected chi connectivity index (χ0v) is 13.3. The maximum atomic E-state index is 6.07. The molecule has 2 aliphatic rings. The summed E-state index contributed by atoms with van der Waals surface area (Å²) in [5.74, 6) is 0.905. The van der Waals surface area contributed by atoms with Gasteiger partial charge in [0.15, 0.2) is 0 Å². The summed E-state index contributed by atoms with van der Waals surface area (Å²) in [4.78, 5) is 2.45. The second-order valence-electron chi connectivity index (χ2n) is 5.55. The van der Waals surface area contributed by atoms with Crippen LogP contribution in [-0.4, -0.2) is 43.9 Å². The molecule has 1 aromatic carbocycles. The van der Waals surface area contributed by atoms with E-state index in [1.165, 1.54) is 12.8 Å². The van der Waals surface area contributed by atoms with Crippen molar-refractivity contribution in [2.45, 2.75) is 31.1 Å². The highest BCUT2D eigenvalue weighted by Gasteiger charge is 2.37. The Balaban J connectivity index is 1.87. The highest BCUT2D eigenvalue weighted by atomic mass is 79.9. The standard InChI is InChI=1S/C15H21BrN2O2/c1-19-15-5-2-10(16)6-13(15)14(7-17)18-8-11-3-4-12(9-18)20-11/h2,5-6,11-12,14H,3-4,7-9,17H2,1H3. The summed E-state index contributed by atoms with van der Waals surface area (Å²) in [7, 11) is 1.71. The van der Waals surface area contributed by atoms with Crippen molar-refractivity contribution in [3.8, 4) is 5.75 Å². The summed E-state index contributed by atoms with van der Waals surface area (Å²) in [6.07, 6.45) is 3.10. The number of morpholine rings is 1. The monoisotopic (exact) mass is 340 g/mol. The third-order valence-corrected chi connectivity index (χ3v) is 4.78. The Labute approximate surface area is 128 Å². The van der Waals surface area contributed by atoms with Crippen molar-refractivity contribution in [2.75, 3.05) is 26.7 Å². The molecule has 110 valence electrons. The zero-order valence-electron chi connectivity index (χ0n) is 11.7. The normalized spacial score (nSPS) is 27.6. The summed E-state index contributed by atoms with van der Waals surface area (Å²) in [5, 5.41) is 0. The molecule has 2 aliphatic heterocycles. The lowest BCUT2D eigenvalue weighted by Crippen LogP contribution is -2.46. The summed E-state index contributed by atoms with van der Waals surface area (Å²) in [5.41, 5.74) is 7.23. The van der Waals surface area contributed by atoms with E-state index in [1.807, 2.05) is 12.1 Å². The van der Waals surface area contributed by atoms with E-state index in [1.54, 1.807) is 7.11 Å². The van der Waals surface area contributed by atoms with Crippen LogP contribution in [0.1, 0.15) is 24.4 Å². The summed E-state index contributed by atoms with van der Waals surface area (Å²) < 4.78 is 12.5. The molecule has 20 heavy (non-hydrogen) atoms. The van der Waals surface area contributed by atoms with Gasteiger partial charge in [0.05, 0.1) is 25.4 Å². The highest BCUT2D eigenvalue weighted by molar-refractivity contribution is 9.10. The maximum Gasteiger partial charge on any atom is 0.123 e. The van der Waals surface area contributed by atoms with Crippen molar-refractivity contribution in [1.82, 2.24) is 4.90 Å². The molecule has 2 N–H and O–H groups in total. The van der Waals surface area contributed by atoms with Crippen LogP contribution < -0.4 is 10.5 Å². The number of benzene rings is 1. The summed E-state index contributed by atoms with van der Waals surface area (Å²) >= 11 is 3.54. The molecular weight excluding hydrogens is 320 g/mol. The molecule has 3 rings (SSSR count). The molecule has 2 bridgehead atoms. The van der Waals surface area contributed by atoms with Crippen LogP contribution in [0.5, 0.6) is 5.75 Å². The van der Waals surface area contributed by atoms with Gasteiger partial charge in [-0.1, -0.05) is 15.9 Å². The molecule has 2 saturated heterocycles. The number of hydrogen-bond acceptors (Lipinski definition) is 4. The summed E-state index contributed by atoms with van der Waals surface area (Å²) in [6.45, 7) is 2.52. The first-order valence-electron chi connectivity index (χ1n) is 7.14. The lowest BCUT2D eigenvalue weighted by Gasteiger charge is -2.38. The number of nitrogens with zero attached hydrogens (tertiary/aromatic N) is 1. The third kappa shape index (κ3) is 2.72. The van der Waals surface area contributed by atoms with Crippen LogP contribution in [0, 0.1) is 0 Å². The van der Waals surface area contributed by atoms with Gasteiger partial charge in [-0.05, 0) is 31.0 Å². The average Bonchev–Trinajstić information content (AvgIpc) is 2.79. The van der Waals surface area contributed by atoms with Crippen molar-refractivity contribution >= 4 is 15.9 Å². The highest BCUT2D eigenvalue weighted by Crippen LogP contribution is 2.35. The van der Waals surface area contributed by atoms with Crippen molar-refractivity contribution < 1.29 is 9.47 Å². The van der Waals surface area contributed by atoms with Gasteiger partial charge in [-0.3, -0.25) is 4.90 Å². The van der Waals surface area contributed by atoms with E-state index in [4.69, 9.17) is 15.2 Å². The minimum absolute atomic E-state index is 0.189. The molecule has 5 heteroatoms. The van der Waals surface area contributed by atoms with E-state index in [-0.39, 0.29) is 6.04 Å². The van der Waals surface area contributed by atoms with Gasteiger partial charge in [0, 0.05) is 29.7 Å². The number of nitrogens with two attached hydrogens (primary N) is 1. The molecule has 1 aromatic rings. The Kier molecular flexibility index (Phi) is 4.31. The van der Waals surface area contributed by atoms with E-state index in [9.17, 15) is 0 Å². The van der Waals surface area contributed by atoms with E-state index < -0.39 is 0 Å². The number of hydrogen-bond donors (Lipinski definition) is 1. The van der Waals surface area contributed by atoms with Gasteiger partial charge in [-0.25, -0.2) is 0 Å². The Hall–Kier alpha value is -0.620. The Morgan fingerprint density at radius 3 is 2.70 bits per heavy atom. The van der Waals surface area contributed by atoms with Crippen LogP contribution in [0.4, 0.5) is 0 Å². The number of rotatable bonds is 4. The maximum absolute atomic E-state index is 6.07. The van der Waals surface area contributed by atoms with Gasteiger partial charge in [0.2, 0.25) is 0 Å². The predicted molar refractivity (Wildman–Crippen MR) is 82.0 cm³/mol. The molecule has 2 heterocycles. The zero-order chi connectivity index (χ0) is 14.1. The molecule has 0 saturated carbocycles. The van der Waals surface area contributed by atoms with Gasteiger partial charge >= 0.3 is 0 Å². The smallest absolute Gasteiger partial charge is 0.123 e. The Bertz CT molecular complexity index is 471. The lowest BCUT2D eigenvalue weighted by molar-refractivity contribution is -0.0523. The first-order valence-corrected chi connectivity index (χ1v) is 7.93. The van der Waals surface area contributed by atoms with Crippen molar-refractivity contribution in [3.05, 3.63) is 28.2 Å². The fourth-order valence-electron chi connectivity index (χ4n) is 3.34. The first-order chi connectivity index (χ1) is 9.71. The van der Waals surface area contributed by atoms with Crippen LogP contribution in [0.3, 0.4) is 0 Å².